The molecule has 1 aromatic carbocycles. The number of rotatable bonds is 5. The summed E-state index contributed by atoms with van der Waals surface area (Å²) in [6.07, 6.45) is 2.59. The van der Waals surface area contributed by atoms with Crippen molar-refractivity contribution in [2.45, 2.75) is 30.7 Å². The third-order valence-corrected chi connectivity index (χ3v) is 4.02. The molecule has 0 aliphatic heterocycles. The van der Waals surface area contributed by atoms with Crippen LogP contribution in [0.25, 0.3) is 0 Å². The van der Waals surface area contributed by atoms with Gasteiger partial charge in [-0.25, -0.2) is 0 Å². The van der Waals surface area contributed by atoms with E-state index in [0.717, 1.165) is 4.90 Å². The fourth-order valence-electron chi connectivity index (χ4n) is 1.39. The lowest BCUT2D eigenvalue weighted by Crippen LogP contribution is -2.48. The minimum absolute atomic E-state index is 0.102. The van der Waals surface area contributed by atoms with Crippen molar-refractivity contribution < 1.29 is 9.90 Å². The summed E-state index contributed by atoms with van der Waals surface area (Å²) in [5.74, 6) is -0.255. The molecule has 1 rings (SSSR count). The fraction of sp³-hybridized carbons (Fsp3) is 0.462. The summed E-state index contributed by atoms with van der Waals surface area (Å²) < 4.78 is 0. The summed E-state index contributed by atoms with van der Waals surface area (Å²) in [6, 6.07) is 5.34. The lowest BCUT2D eigenvalue weighted by Gasteiger charge is -2.27. The van der Waals surface area contributed by atoms with E-state index >= 15 is 0 Å². The molecule has 0 aromatic heterocycles. The number of halogens is 1. The largest absolute Gasteiger partial charge is 0.394 e. The zero-order valence-corrected chi connectivity index (χ0v) is 12.4. The highest BCUT2D eigenvalue weighted by Crippen LogP contribution is 2.23. The SMILES string of the molecule is CCC(C)(CO)NC(=O)c1cc(SC)ccc1Cl. The van der Waals surface area contributed by atoms with Gasteiger partial charge in [0, 0.05) is 4.90 Å². The molecule has 1 atom stereocenters. The molecule has 1 unspecified atom stereocenters. The van der Waals surface area contributed by atoms with Gasteiger partial charge in [-0.1, -0.05) is 18.5 Å². The van der Waals surface area contributed by atoms with E-state index in [1.807, 2.05) is 19.2 Å². The average molecular weight is 288 g/mol. The molecule has 0 aliphatic rings. The van der Waals surface area contributed by atoms with E-state index in [1.165, 1.54) is 0 Å². The molecule has 1 amide bonds. The Hall–Kier alpha value is -0.710. The lowest BCUT2D eigenvalue weighted by atomic mass is 9.99. The molecule has 0 aliphatic carbocycles. The van der Waals surface area contributed by atoms with Gasteiger partial charge in [-0.05, 0) is 37.8 Å². The molecule has 3 nitrogen and oxygen atoms in total. The standard InChI is InChI=1S/C13H18ClNO2S/c1-4-13(2,8-16)15-12(17)10-7-9(18-3)5-6-11(10)14/h5-7,16H,4,8H2,1-3H3,(H,15,17). The number of thioether (sulfide) groups is 1. The lowest BCUT2D eigenvalue weighted by molar-refractivity contribution is 0.0847. The molecule has 0 bridgehead atoms. The van der Waals surface area contributed by atoms with Gasteiger partial charge in [0.2, 0.25) is 0 Å². The van der Waals surface area contributed by atoms with Crippen molar-refractivity contribution in [1.82, 2.24) is 5.32 Å². The summed E-state index contributed by atoms with van der Waals surface area (Å²) in [6.45, 7) is 3.61. The van der Waals surface area contributed by atoms with Gasteiger partial charge in [-0.15, -0.1) is 11.8 Å². The third-order valence-electron chi connectivity index (χ3n) is 2.96. The van der Waals surface area contributed by atoms with Crippen LogP contribution in [-0.4, -0.2) is 29.4 Å². The van der Waals surface area contributed by atoms with E-state index in [0.29, 0.717) is 17.0 Å². The summed E-state index contributed by atoms with van der Waals surface area (Å²) >= 11 is 7.58. The summed E-state index contributed by atoms with van der Waals surface area (Å²) in [5.41, 5.74) is -0.174. The molecule has 100 valence electrons. The Morgan fingerprint density at radius 1 is 1.56 bits per heavy atom. The van der Waals surface area contributed by atoms with Crippen LogP contribution in [0.3, 0.4) is 0 Å². The molecule has 1 aromatic rings. The quantitative estimate of drug-likeness (QED) is 0.819. The maximum absolute atomic E-state index is 12.2. The van der Waals surface area contributed by atoms with Crippen LogP contribution in [0.15, 0.2) is 23.1 Å². The second-order valence-corrected chi connectivity index (χ2v) is 5.66. The van der Waals surface area contributed by atoms with Crippen LogP contribution in [0.4, 0.5) is 0 Å². The van der Waals surface area contributed by atoms with Crippen molar-refractivity contribution in [3.05, 3.63) is 28.8 Å². The van der Waals surface area contributed by atoms with Crippen molar-refractivity contribution in [2.24, 2.45) is 0 Å². The number of carbonyl (C=O) groups excluding carboxylic acids is 1. The van der Waals surface area contributed by atoms with Crippen LogP contribution in [0.2, 0.25) is 5.02 Å². The predicted molar refractivity (Wildman–Crippen MR) is 76.5 cm³/mol. The average Bonchev–Trinajstić information content (AvgIpc) is 2.39. The fourth-order valence-corrected chi connectivity index (χ4v) is 2.03. The molecule has 0 radical (unpaired) electrons. The maximum Gasteiger partial charge on any atom is 0.253 e. The molecule has 0 spiro atoms. The van der Waals surface area contributed by atoms with E-state index in [1.54, 1.807) is 30.8 Å². The first-order chi connectivity index (χ1) is 8.45. The van der Waals surface area contributed by atoms with Gasteiger partial charge in [-0.2, -0.15) is 0 Å². The number of carbonyl (C=O) groups is 1. The number of aliphatic hydroxyl groups excluding tert-OH is 1. The number of benzene rings is 1. The van der Waals surface area contributed by atoms with Crippen LogP contribution in [0, 0.1) is 0 Å². The van der Waals surface area contributed by atoms with E-state index in [-0.39, 0.29) is 12.5 Å². The molecule has 5 heteroatoms. The van der Waals surface area contributed by atoms with Crippen molar-refractivity contribution >= 4 is 29.3 Å². The number of hydrogen-bond acceptors (Lipinski definition) is 3. The minimum Gasteiger partial charge on any atom is -0.394 e. The summed E-state index contributed by atoms with van der Waals surface area (Å²) in [4.78, 5) is 13.1. The third kappa shape index (κ3) is 3.64. The van der Waals surface area contributed by atoms with Crippen LogP contribution in [-0.2, 0) is 0 Å². The van der Waals surface area contributed by atoms with Gasteiger partial charge in [-0.3, -0.25) is 4.79 Å². The second kappa shape index (κ2) is 6.45. The monoisotopic (exact) mass is 287 g/mol. The predicted octanol–water partition coefficient (Wildman–Crippen LogP) is 2.95. The molecule has 0 saturated heterocycles. The van der Waals surface area contributed by atoms with Gasteiger partial charge in [0.1, 0.15) is 0 Å². The number of aliphatic hydroxyl groups is 1. The molecule has 2 N–H and O–H groups in total. The van der Waals surface area contributed by atoms with Crippen molar-refractivity contribution in [1.29, 1.82) is 0 Å². The zero-order valence-electron chi connectivity index (χ0n) is 10.8. The first-order valence-electron chi connectivity index (χ1n) is 5.72. The van der Waals surface area contributed by atoms with E-state index in [9.17, 15) is 9.90 Å². The Kier molecular flexibility index (Phi) is 5.50. The first kappa shape index (κ1) is 15.3. The van der Waals surface area contributed by atoms with Gasteiger partial charge in [0.15, 0.2) is 0 Å². The van der Waals surface area contributed by atoms with Crippen LogP contribution in [0.5, 0.6) is 0 Å². The highest BCUT2D eigenvalue weighted by Gasteiger charge is 2.24. The molecular weight excluding hydrogens is 270 g/mol. The molecular formula is C13H18ClNO2S. The van der Waals surface area contributed by atoms with Gasteiger partial charge >= 0.3 is 0 Å². The highest BCUT2D eigenvalue weighted by atomic mass is 35.5. The van der Waals surface area contributed by atoms with Gasteiger partial charge in [0.25, 0.3) is 5.91 Å². The topological polar surface area (TPSA) is 49.3 Å². The first-order valence-corrected chi connectivity index (χ1v) is 7.33. The van der Waals surface area contributed by atoms with Gasteiger partial charge in [0.05, 0.1) is 22.7 Å². The Bertz CT molecular complexity index is 433. The molecule has 0 heterocycles. The smallest absolute Gasteiger partial charge is 0.253 e. The molecule has 0 saturated carbocycles. The Morgan fingerprint density at radius 2 is 2.22 bits per heavy atom. The van der Waals surface area contributed by atoms with Gasteiger partial charge < -0.3 is 10.4 Å². The minimum atomic E-state index is -0.615. The van der Waals surface area contributed by atoms with E-state index < -0.39 is 5.54 Å². The van der Waals surface area contributed by atoms with Crippen molar-refractivity contribution in [3.8, 4) is 0 Å². The van der Waals surface area contributed by atoms with E-state index in [4.69, 9.17) is 11.6 Å². The van der Waals surface area contributed by atoms with E-state index in [2.05, 4.69) is 5.32 Å². The summed E-state index contributed by atoms with van der Waals surface area (Å²) in [5, 5.41) is 12.5. The van der Waals surface area contributed by atoms with Crippen LogP contribution < -0.4 is 5.32 Å². The number of hydrogen-bond donors (Lipinski definition) is 2. The highest BCUT2D eigenvalue weighted by molar-refractivity contribution is 7.98. The van der Waals surface area contributed by atoms with Crippen LogP contribution >= 0.6 is 23.4 Å². The summed E-state index contributed by atoms with van der Waals surface area (Å²) in [7, 11) is 0. The maximum atomic E-state index is 12.2. The van der Waals surface area contributed by atoms with Crippen molar-refractivity contribution in [2.75, 3.05) is 12.9 Å². The second-order valence-electron chi connectivity index (χ2n) is 4.37. The van der Waals surface area contributed by atoms with Crippen molar-refractivity contribution in [3.63, 3.8) is 0 Å². The molecule has 18 heavy (non-hydrogen) atoms. The number of nitrogens with one attached hydrogen (secondary N) is 1. The Morgan fingerprint density at radius 3 is 2.72 bits per heavy atom. The molecule has 0 fully saturated rings. The Labute approximate surface area is 117 Å². The normalized spacial score (nSPS) is 14.1. The zero-order chi connectivity index (χ0) is 13.8. The number of amides is 1. The van der Waals surface area contributed by atoms with Crippen LogP contribution in [0.1, 0.15) is 30.6 Å². The Balaban J connectivity index is 2.97.